The van der Waals surface area contributed by atoms with E-state index in [0.29, 0.717) is 4.68 Å². The van der Waals surface area contributed by atoms with E-state index in [1.54, 1.807) is 0 Å². The lowest BCUT2D eigenvalue weighted by Gasteiger charge is -2.07. The third-order valence-corrected chi connectivity index (χ3v) is 4.74. The van der Waals surface area contributed by atoms with E-state index in [9.17, 15) is 31.7 Å². The van der Waals surface area contributed by atoms with Crippen molar-refractivity contribution in [3.05, 3.63) is 57.5 Å². The Balaban J connectivity index is 2.20. The molecule has 2 aromatic heterocycles. The van der Waals surface area contributed by atoms with Crippen molar-refractivity contribution < 1.29 is 26.5 Å². The Morgan fingerprint density at radius 1 is 1.21 bits per heavy atom. The van der Waals surface area contributed by atoms with Crippen LogP contribution in [-0.4, -0.2) is 33.1 Å². The SMILES string of the molecule is NS(=O)(=O)c1ccc(-n2nc(C(F)(F)F)nc2-c2ccc([N+](=O)[O-])cc2Cl)nc1. The lowest BCUT2D eigenvalue weighted by Crippen LogP contribution is -2.13. The summed E-state index contributed by atoms with van der Waals surface area (Å²) >= 11 is 5.99. The standard InChI is InChI=1S/C14H8ClF3N6O4S/c15-10-5-7(24(25)26)1-3-9(10)12-21-13(14(16,17)18)22-23(12)11-4-2-8(6-20-11)29(19,27)28/h1-6H,(H2,19,27,28). The van der Waals surface area contributed by atoms with Crippen molar-refractivity contribution in [2.75, 3.05) is 0 Å². The van der Waals surface area contributed by atoms with Crippen molar-refractivity contribution in [1.82, 2.24) is 19.7 Å². The Kier molecular flexibility index (Phi) is 5.02. The number of nitrogens with zero attached hydrogens (tertiary/aromatic N) is 5. The van der Waals surface area contributed by atoms with Crippen molar-refractivity contribution in [3.63, 3.8) is 0 Å². The zero-order valence-electron chi connectivity index (χ0n) is 13.8. The molecule has 0 fully saturated rings. The minimum Gasteiger partial charge on any atom is -0.258 e. The Hall–Kier alpha value is -3.10. The van der Waals surface area contributed by atoms with Gasteiger partial charge in [-0.3, -0.25) is 10.1 Å². The molecule has 0 spiro atoms. The molecule has 0 atom stereocenters. The highest BCUT2D eigenvalue weighted by Gasteiger charge is 2.38. The van der Waals surface area contributed by atoms with Crippen LogP contribution in [0.5, 0.6) is 0 Å². The summed E-state index contributed by atoms with van der Waals surface area (Å²) in [5, 5.41) is 18.9. The molecule has 152 valence electrons. The molecule has 1 aromatic carbocycles. The number of primary sulfonamides is 1. The monoisotopic (exact) mass is 448 g/mol. The van der Waals surface area contributed by atoms with Crippen LogP contribution in [0.25, 0.3) is 17.2 Å². The van der Waals surface area contributed by atoms with Crippen LogP contribution in [0.4, 0.5) is 18.9 Å². The largest absolute Gasteiger partial charge is 0.453 e. The van der Waals surface area contributed by atoms with E-state index in [2.05, 4.69) is 15.1 Å². The molecule has 0 aliphatic rings. The molecule has 0 saturated carbocycles. The lowest BCUT2D eigenvalue weighted by molar-refractivity contribution is -0.384. The Morgan fingerprint density at radius 3 is 2.38 bits per heavy atom. The lowest BCUT2D eigenvalue weighted by atomic mass is 10.2. The third kappa shape index (κ3) is 4.18. The third-order valence-electron chi connectivity index (χ3n) is 3.53. The molecular formula is C14H8ClF3N6O4S. The summed E-state index contributed by atoms with van der Waals surface area (Å²) in [7, 11) is -4.07. The fourth-order valence-electron chi connectivity index (χ4n) is 2.23. The van der Waals surface area contributed by atoms with Crippen LogP contribution in [0, 0.1) is 10.1 Å². The molecule has 0 unspecified atom stereocenters. The Labute approximate surface area is 165 Å². The van der Waals surface area contributed by atoms with Gasteiger partial charge < -0.3 is 0 Å². The predicted molar refractivity (Wildman–Crippen MR) is 92.6 cm³/mol. The number of rotatable bonds is 4. The number of nitro groups is 1. The number of sulfonamides is 1. The zero-order chi connectivity index (χ0) is 21.6. The summed E-state index contributed by atoms with van der Waals surface area (Å²) in [5.74, 6) is -2.14. The molecule has 15 heteroatoms. The van der Waals surface area contributed by atoms with Gasteiger partial charge in [0.15, 0.2) is 11.6 Å². The molecule has 0 amide bonds. The number of nitrogens with two attached hydrogens (primary N) is 1. The van der Waals surface area contributed by atoms with Crippen LogP contribution < -0.4 is 5.14 Å². The molecule has 29 heavy (non-hydrogen) atoms. The van der Waals surface area contributed by atoms with Crippen molar-refractivity contribution in [2.24, 2.45) is 5.14 Å². The van der Waals surface area contributed by atoms with Gasteiger partial charge in [0.05, 0.1) is 9.95 Å². The summed E-state index contributed by atoms with van der Waals surface area (Å²) in [6.45, 7) is 0. The smallest absolute Gasteiger partial charge is 0.258 e. The van der Waals surface area contributed by atoms with Crippen LogP contribution in [0.3, 0.4) is 0 Å². The van der Waals surface area contributed by atoms with Crippen LogP contribution >= 0.6 is 11.6 Å². The van der Waals surface area contributed by atoms with Crippen LogP contribution in [0.15, 0.2) is 41.4 Å². The van der Waals surface area contributed by atoms with Gasteiger partial charge in [-0.15, -0.1) is 5.10 Å². The Bertz CT molecular complexity index is 1210. The fraction of sp³-hybridized carbons (Fsp3) is 0.0714. The number of benzene rings is 1. The number of non-ortho nitro benzene ring substituents is 1. The maximum Gasteiger partial charge on any atom is 0.453 e. The van der Waals surface area contributed by atoms with Gasteiger partial charge in [0.2, 0.25) is 10.0 Å². The first-order valence-corrected chi connectivity index (χ1v) is 9.28. The van der Waals surface area contributed by atoms with Crippen molar-refractivity contribution in [2.45, 2.75) is 11.1 Å². The van der Waals surface area contributed by atoms with Gasteiger partial charge in [-0.25, -0.2) is 23.5 Å². The summed E-state index contributed by atoms with van der Waals surface area (Å²) in [6.07, 6.45) is -4.07. The van der Waals surface area contributed by atoms with E-state index < -0.39 is 32.8 Å². The summed E-state index contributed by atoms with van der Waals surface area (Å²) < 4.78 is 62.7. The van der Waals surface area contributed by atoms with Crippen LogP contribution in [0.2, 0.25) is 5.02 Å². The maximum absolute atomic E-state index is 13.1. The average Bonchev–Trinajstić information content (AvgIpc) is 3.06. The molecule has 2 N–H and O–H groups in total. The zero-order valence-corrected chi connectivity index (χ0v) is 15.4. The normalized spacial score (nSPS) is 12.2. The quantitative estimate of drug-likeness (QED) is 0.476. The first kappa shape index (κ1) is 20.6. The highest BCUT2D eigenvalue weighted by molar-refractivity contribution is 7.89. The fourth-order valence-corrected chi connectivity index (χ4v) is 2.95. The van der Waals surface area contributed by atoms with Crippen molar-refractivity contribution in [3.8, 4) is 17.2 Å². The van der Waals surface area contributed by atoms with E-state index in [4.69, 9.17) is 16.7 Å². The van der Waals surface area contributed by atoms with Gasteiger partial charge in [-0.2, -0.15) is 17.9 Å². The number of alkyl halides is 3. The number of halogens is 4. The topological polar surface area (TPSA) is 147 Å². The van der Waals surface area contributed by atoms with Gasteiger partial charge in [0, 0.05) is 23.9 Å². The second kappa shape index (κ2) is 7.06. The molecule has 0 bridgehead atoms. The van der Waals surface area contributed by atoms with Gasteiger partial charge in [-0.05, 0) is 18.2 Å². The highest BCUT2D eigenvalue weighted by Crippen LogP contribution is 2.34. The first-order valence-electron chi connectivity index (χ1n) is 7.36. The van der Waals surface area contributed by atoms with Gasteiger partial charge in [0.25, 0.3) is 11.5 Å². The van der Waals surface area contributed by atoms with E-state index in [-0.39, 0.29) is 27.0 Å². The number of hydrogen-bond donors (Lipinski definition) is 1. The maximum atomic E-state index is 13.1. The molecule has 10 nitrogen and oxygen atoms in total. The number of nitro benzene ring substituents is 1. The molecule has 0 saturated heterocycles. The van der Waals surface area contributed by atoms with Gasteiger partial charge in [-0.1, -0.05) is 11.6 Å². The van der Waals surface area contributed by atoms with Crippen molar-refractivity contribution >= 4 is 27.3 Å². The summed E-state index contributed by atoms with van der Waals surface area (Å²) in [6, 6.07) is 5.18. The van der Waals surface area contributed by atoms with Crippen LogP contribution in [0.1, 0.15) is 5.82 Å². The van der Waals surface area contributed by atoms with E-state index in [1.807, 2.05) is 0 Å². The summed E-state index contributed by atoms with van der Waals surface area (Å²) in [5.41, 5.74) is -0.464. The van der Waals surface area contributed by atoms with Gasteiger partial charge in [0.1, 0.15) is 4.90 Å². The highest BCUT2D eigenvalue weighted by atomic mass is 35.5. The molecule has 2 heterocycles. The van der Waals surface area contributed by atoms with E-state index in [1.165, 1.54) is 0 Å². The van der Waals surface area contributed by atoms with Gasteiger partial charge >= 0.3 is 6.18 Å². The van der Waals surface area contributed by atoms with Crippen LogP contribution in [-0.2, 0) is 16.2 Å². The average molecular weight is 449 g/mol. The Morgan fingerprint density at radius 2 is 1.90 bits per heavy atom. The molecule has 0 aliphatic carbocycles. The molecular weight excluding hydrogens is 441 g/mol. The molecule has 0 aliphatic heterocycles. The number of hydrogen-bond acceptors (Lipinski definition) is 7. The molecule has 3 aromatic rings. The first-order chi connectivity index (χ1) is 13.4. The second-order valence-corrected chi connectivity index (χ2v) is 7.46. The van der Waals surface area contributed by atoms with E-state index >= 15 is 0 Å². The second-order valence-electron chi connectivity index (χ2n) is 5.49. The number of aromatic nitrogens is 4. The van der Waals surface area contributed by atoms with Crippen molar-refractivity contribution in [1.29, 1.82) is 0 Å². The predicted octanol–water partition coefficient (Wildman–Crippen LogP) is 2.56. The molecule has 0 radical (unpaired) electrons. The minimum absolute atomic E-state index is 0.0856. The minimum atomic E-state index is -4.91. The van der Waals surface area contributed by atoms with E-state index in [0.717, 1.165) is 36.5 Å². The summed E-state index contributed by atoms with van der Waals surface area (Å²) in [4.78, 5) is 16.9. The molecule has 3 rings (SSSR count). The number of pyridine rings is 1.